The minimum absolute atomic E-state index is 0.0507. The van der Waals surface area contributed by atoms with Crippen molar-refractivity contribution in [2.24, 2.45) is 5.41 Å². The minimum Gasteiger partial charge on any atom is -0.394 e. The first-order valence-electron chi connectivity index (χ1n) is 6.30. The molecule has 0 saturated heterocycles. The van der Waals surface area contributed by atoms with Crippen molar-refractivity contribution in [3.8, 4) is 0 Å². The Bertz CT molecular complexity index is 393. The molecule has 5 heteroatoms. The molecule has 1 aromatic heterocycles. The number of carbonyl (C=O) groups is 1. The van der Waals surface area contributed by atoms with E-state index in [0.29, 0.717) is 5.56 Å². The average molecular weight is 253 g/mol. The van der Waals surface area contributed by atoms with Crippen LogP contribution in [-0.2, 0) is 6.54 Å². The largest absolute Gasteiger partial charge is 0.394 e. The first kappa shape index (κ1) is 14.7. The number of nitrogens with one attached hydrogen (secondary N) is 1. The molecule has 2 N–H and O–H groups in total. The van der Waals surface area contributed by atoms with E-state index in [1.165, 1.54) is 0 Å². The Morgan fingerprint density at radius 3 is 2.67 bits per heavy atom. The number of amides is 1. The van der Waals surface area contributed by atoms with E-state index in [-0.39, 0.29) is 24.0 Å². The van der Waals surface area contributed by atoms with Gasteiger partial charge in [0, 0.05) is 12.7 Å². The van der Waals surface area contributed by atoms with Gasteiger partial charge in [0.2, 0.25) is 0 Å². The molecule has 0 radical (unpaired) electrons. The Labute approximate surface area is 108 Å². The zero-order chi connectivity index (χ0) is 13.8. The van der Waals surface area contributed by atoms with Gasteiger partial charge in [0.05, 0.1) is 24.4 Å². The van der Waals surface area contributed by atoms with Crippen LogP contribution in [0.1, 0.15) is 44.5 Å². The smallest absolute Gasteiger partial charge is 0.254 e. The summed E-state index contributed by atoms with van der Waals surface area (Å²) >= 11 is 0. The Morgan fingerprint density at radius 2 is 2.22 bits per heavy atom. The third-order valence-electron chi connectivity index (χ3n) is 2.63. The van der Waals surface area contributed by atoms with Gasteiger partial charge in [-0.1, -0.05) is 20.8 Å². The lowest BCUT2D eigenvalue weighted by molar-refractivity contribution is 0.0897. The lowest BCUT2D eigenvalue weighted by atomic mass is 9.88. The zero-order valence-electron chi connectivity index (χ0n) is 11.6. The van der Waals surface area contributed by atoms with Crippen LogP contribution in [0, 0.1) is 5.41 Å². The third kappa shape index (κ3) is 4.49. The molecular weight excluding hydrogens is 230 g/mol. The number of aryl methyl sites for hydroxylation is 1. The first-order valence-corrected chi connectivity index (χ1v) is 6.30. The lowest BCUT2D eigenvalue weighted by Crippen LogP contribution is -2.39. The van der Waals surface area contributed by atoms with Gasteiger partial charge in [0.25, 0.3) is 5.91 Å². The molecule has 102 valence electrons. The SMILES string of the molecule is CCn1cc(C(=O)NC(CO)CC(C)(C)C)cn1. The van der Waals surface area contributed by atoms with Crippen LogP contribution < -0.4 is 5.32 Å². The summed E-state index contributed by atoms with van der Waals surface area (Å²) in [5, 5.41) is 16.2. The van der Waals surface area contributed by atoms with Gasteiger partial charge in [-0.15, -0.1) is 0 Å². The molecule has 1 aromatic rings. The first-order chi connectivity index (χ1) is 8.35. The Kier molecular flexibility index (Phi) is 4.90. The quantitative estimate of drug-likeness (QED) is 0.834. The standard InChI is InChI=1S/C13H23N3O2/c1-5-16-8-10(7-14-16)12(18)15-11(9-17)6-13(2,3)4/h7-8,11,17H,5-6,9H2,1-4H3,(H,15,18). The molecule has 1 unspecified atom stereocenters. The van der Waals surface area contributed by atoms with Crippen molar-refractivity contribution in [1.82, 2.24) is 15.1 Å². The van der Waals surface area contributed by atoms with Gasteiger partial charge < -0.3 is 10.4 Å². The zero-order valence-corrected chi connectivity index (χ0v) is 11.6. The van der Waals surface area contributed by atoms with E-state index in [9.17, 15) is 9.90 Å². The van der Waals surface area contributed by atoms with Crippen molar-refractivity contribution in [3.63, 3.8) is 0 Å². The maximum atomic E-state index is 12.0. The normalized spacial score (nSPS) is 13.4. The summed E-state index contributed by atoms with van der Waals surface area (Å²) in [5.74, 6) is -0.182. The van der Waals surface area contributed by atoms with Crippen LogP contribution in [0.25, 0.3) is 0 Å². The van der Waals surface area contributed by atoms with Gasteiger partial charge in [-0.2, -0.15) is 5.10 Å². The van der Waals surface area contributed by atoms with Gasteiger partial charge in [0.1, 0.15) is 0 Å². The maximum absolute atomic E-state index is 12.0. The van der Waals surface area contributed by atoms with E-state index in [2.05, 4.69) is 31.2 Å². The highest BCUT2D eigenvalue weighted by Crippen LogP contribution is 2.20. The molecule has 18 heavy (non-hydrogen) atoms. The molecule has 1 heterocycles. The monoisotopic (exact) mass is 253 g/mol. The number of hydrogen-bond acceptors (Lipinski definition) is 3. The van der Waals surface area contributed by atoms with Crippen molar-refractivity contribution < 1.29 is 9.90 Å². The fourth-order valence-corrected chi connectivity index (χ4v) is 1.82. The van der Waals surface area contributed by atoms with E-state index in [0.717, 1.165) is 13.0 Å². The minimum atomic E-state index is -0.220. The van der Waals surface area contributed by atoms with Crippen molar-refractivity contribution in [1.29, 1.82) is 0 Å². The summed E-state index contributed by atoms with van der Waals surface area (Å²) < 4.78 is 1.70. The number of hydrogen-bond donors (Lipinski definition) is 2. The highest BCUT2D eigenvalue weighted by Gasteiger charge is 2.20. The molecule has 0 aromatic carbocycles. The van der Waals surface area contributed by atoms with Crippen LogP contribution in [-0.4, -0.2) is 33.4 Å². The number of rotatable bonds is 5. The second kappa shape index (κ2) is 6.00. The molecule has 5 nitrogen and oxygen atoms in total. The summed E-state index contributed by atoms with van der Waals surface area (Å²) in [6.45, 7) is 8.89. The number of carbonyl (C=O) groups excluding carboxylic acids is 1. The van der Waals surface area contributed by atoms with Gasteiger partial charge in [-0.25, -0.2) is 0 Å². The molecule has 0 saturated carbocycles. The van der Waals surface area contributed by atoms with Crippen LogP contribution >= 0.6 is 0 Å². The van der Waals surface area contributed by atoms with Crippen LogP contribution in [0.2, 0.25) is 0 Å². The van der Waals surface area contributed by atoms with E-state index < -0.39 is 0 Å². The van der Waals surface area contributed by atoms with Gasteiger partial charge >= 0.3 is 0 Å². The fraction of sp³-hybridized carbons (Fsp3) is 0.692. The Balaban J connectivity index is 2.62. The van der Waals surface area contributed by atoms with Gasteiger partial charge in [0.15, 0.2) is 0 Å². The highest BCUT2D eigenvalue weighted by molar-refractivity contribution is 5.93. The number of aliphatic hydroxyl groups is 1. The van der Waals surface area contributed by atoms with Crippen LogP contribution in [0.15, 0.2) is 12.4 Å². The number of aliphatic hydroxyl groups excluding tert-OH is 1. The molecule has 1 amide bonds. The summed E-state index contributed by atoms with van der Waals surface area (Å²) in [7, 11) is 0. The average Bonchev–Trinajstić information content (AvgIpc) is 2.74. The molecule has 0 fully saturated rings. The Morgan fingerprint density at radius 1 is 1.56 bits per heavy atom. The molecule has 1 rings (SSSR count). The second-order valence-electron chi connectivity index (χ2n) is 5.70. The maximum Gasteiger partial charge on any atom is 0.254 e. The van der Waals surface area contributed by atoms with E-state index >= 15 is 0 Å². The van der Waals surface area contributed by atoms with Crippen molar-refractivity contribution in [3.05, 3.63) is 18.0 Å². The molecule has 0 aliphatic rings. The van der Waals surface area contributed by atoms with Crippen LogP contribution in [0.5, 0.6) is 0 Å². The highest BCUT2D eigenvalue weighted by atomic mass is 16.3. The fourth-order valence-electron chi connectivity index (χ4n) is 1.82. The summed E-state index contributed by atoms with van der Waals surface area (Å²) in [6.07, 6.45) is 3.99. The summed E-state index contributed by atoms with van der Waals surface area (Å²) in [5.41, 5.74) is 0.595. The van der Waals surface area contributed by atoms with Crippen molar-refractivity contribution in [2.45, 2.75) is 46.7 Å². The van der Waals surface area contributed by atoms with Gasteiger partial charge in [-0.05, 0) is 18.8 Å². The summed E-state index contributed by atoms with van der Waals surface area (Å²) in [4.78, 5) is 12.0. The predicted octanol–water partition coefficient (Wildman–Crippen LogP) is 1.43. The second-order valence-corrected chi connectivity index (χ2v) is 5.70. The van der Waals surface area contributed by atoms with Gasteiger partial charge in [-0.3, -0.25) is 9.48 Å². The molecule has 0 spiro atoms. The number of aromatic nitrogens is 2. The van der Waals surface area contributed by atoms with E-state index in [1.807, 2.05) is 6.92 Å². The molecule has 0 aliphatic carbocycles. The predicted molar refractivity (Wildman–Crippen MR) is 70.3 cm³/mol. The van der Waals surface area contributed by atoms with Crippen LogP contribution in [0.3, 0.4) is 0 Å². The van der Waals surface area contributed by atoms with Crippen molar-refractivity contribution >= 4 is 5.91 Å². The van der Waals surface area contributed by atoms with Crippen molar-refractivity contribution in [2.75, 3.05) is 6.61 Å². The van der Waals surface area contributed by atoms with Crippen LogP contribution in [0.4, 0.5) is 0 Å². The third-order valence-corrected chi connectivity index (χ3v) is 2.63. The number of nitrogens with zero attached hydrogens (tertiary/aromatic N) is 2. The topological polar surface area (TPSA) is 67.2 Å². The molecule has 0 bridgehead atoms. The lowest BCUT2D eigenvalue weighted by Gasteiger charge is -2.25. The van der Waals surface area contributed by atoms with E-state index in [1.54, 1.807) is 17.1 Å². The van der Waals surface area contributed by atoms with E-state index in [4.69, 9.17) is 0 Å². The molecule has 1 atom stereocenters. The Hall–Kier alpha value is -1.36. The molecular formula is C13H23N3O2. The summed E-state index contributed by atoms with van der Waals surface area (Å²) in [6, 6.07) is -0.220. The molecule has 0 aliphatic heterocycles.